The minimum absolute atomic E-state index is 0.205. The van der Waals surface area contributed by atoms with Crippen LogP contribution in [-0.4, -0.2) is 38.9 Å². The molecule has 0 unspecified atom stereocenters. The lowest BCUT2D eigenvalue weighted by molar-refractivity contribution is 0.314. The van der Waals surface area contributed by atoms with Crippen molar-refractivity contribution in [2.24, 2.45) is 23.4 Å². The molecule has 100 valence electrons. The van der Waals surface area contributed by atoms with Gasteiger partial charge < -0.3 is 20.8 Å². The Morgan fingerprint density at radius 3 is 3.00 bits per heavy atom. The molecule has 0 radical (unpaired) electrons. The van der Waals surface area contributed by atoms with E-state index in [2.05, 4.69) is 20.7 Å². The largest absolute Gasteiger partial charge is 0.409 e. The zero-order chi connectivity index (χ0) is 13.0. The maximum atomic E-state index is 8.58. The van der Waals surface area contributed by atoms with Gasteiger partial charge in [0, 0.05) is 33.0 Å². The van der Waals surface area contributed by atoms with E-state index in [1.54, 1.807) is 6.33 Å². The molecule has 18 heavy (non-hydrogen) atoms. The Morgan fingerprint density at radius 1 is 1.67 bits per heavy atom. The molecule has 1 saturated carbocycles. The van der Waals surface area contributed by atoms with Gasteiger partial charge in [-0.15, -0.1) is 10.2 Å². The molecule has 1 fully saturated rings. The minimum atomic E-state index is 0.205. The predicted molar refractivity (Wildman–Crippen MR) is 67.3 cm³/mol. The van der Waals surface area contributed by atoms with Gasteiger partial charge in [-0.25, -0.2) is 0 Å². The van der Waals surface area contributed by atoms with Crippen molar-refractivity contribution in [3.8, 4) is 0 Å². The summed E-state index contributed by atoms with van der Waals surface area (Å²) in [6.07, 6.45) is 5.51. The van der Waals surface area contributed by atoms with Gasteiger partial charge in [-0.05, 0) is 18.3 Å². The normalized spacial score (nSPS) is 17.9. The van der Waals surface area contributed by atoms with E-state index >= 15 is 0 Å². The number of hydrogen-bond acceptors (Lipinski definition) is 5. The highest BCUT2D eigenvalue weighted by Gasteiger charge is 2.42. The monoisotopic (exact) mass is 252 g/mol. The van der Waals surface area contributed by atoms with Crippen LogP contribution in [0.3, 0.4) is 0 Å². The number of nitrogens with zero attached hydrogens (tertiary/aromatic N) is 4. The second-order valence-corrected chi connectivity index (χ2v) is 5.05. The van der Waals surface area contributed by atoms with Crippen LogP contribution >= 0.6 is 0 Å². The van der Waals surface area contributed by atoms with E-state index in [0.717, 1.165) is 38.2 Å². The van der Waals surface area contributed by atoms with Crippen molar-refractivity contribution in [3.05, 3.63) is 12.2 Å². The summed E-state index contributed by atoms with van der Waals surface area (Å²) in [6.45, 7) is 1.77. The third-order valence-corrected chi connectivity index (χ3v) is 3.47. The van der Waals surface area contributed by atoms with E-state index in [1.165, 1.54) is 0 Å². The van der Waals surface area contributed by atoms with Crippen LogP contribution < -0.4 is 11.1 Å². The highest BCUT2D eigenvalue weighted by atomic mass is 16.4. The molecule has 7 heteroatoms. The Morgan fingerprint density at radius 2 is 2.44 bits per heavy atom. The van der Waals surface area contributed by atoms with Crippen LogP contribution in [-0.2, 0) is 13.5 Å². The van der Waals surface area contributed by atoms with Gasteiger partial charge in [-0.2, -0.15) is 0 Å². The number of nitrogens with one attached hydrogen (secondary N) is 1. The van der Waals surface area contributed by atoms with Crippen molar-refractivity contribution in [2.45, 2.75) is 25.7 Å². The maximum absolute atomic E-state index is 8.58. The summed E-state index contributed by atoms with van der Waals surface area (Å²) in [5.41, 5.74) is 5.76. The molecule has 2 rings (SSSR count). The molecular formula is C11H20N6O. The molecule has 0 bridgehead atoms. The number of aromatic nitrogens is 3. The van der Waals surface area contributed by atoms with Crippen LogP contribution in [0, 0.1) is 5.41 Å². The smallest absolute Gasteiger partial charge is 0.139 e. The number of hydrogen-bond donors (Lipinski definition) is 3. The van der Waals surface area contributed by atoms with Gasteiger partial charge in [-0.1, -0.05) is 5.16 Å². The van der Waals surface area contributed by atoms with Crippen molar-refractivity contribution >= 4 is 5.84 Å². The average Bonchev–Trinajstić information content (AvgIpc) is 3.00. The molecule has 4 N–H and O–H groups in total. The molecule has 1 aliphatic carbocycles. The predicted octanol–water partition coefficient (Wildman–Crippen LogP) is -0.136. The lowest BCUT2D eigenvalue weighted by atomic mass is 10.0. The average molecular weight is 252 g/mol. The zero-order valence-corrected chi connectivity index (χ0v) is 10.6. The fourth-order valence-corrected chi connectivity index (χ4v) is 2.10. The second-order valence-electron chi connectivity index (χ2n) is 5.05. The number of aryl methyl sites for hydroxylation is 1. The molecule has 1 heterocycles. The topological polar surface area (TPSA) is 101 Å². The molecule has 0 amide bonds. The summed E-state index contributed by atoms with van der Waals surface area (Å²) in [5, 5.41) is 22.9. The van der Waals surface area contributed by atoms with Gasteiger partial charge >= 0.3 is 0 Å². The molecule has 1 aromatic heterocycles. The van der Waals surface area contributed by atoms with Gasteiger partial charge in [0.05, 0.1) is 0 Å². The van der Waals surface area contributed by atoms with E-state index in [-0.39, 0.29) is 5.41 Å². The summed E-state index contributed by atoms with van der Waals surface area (Å²) >= 11 is 0. The summed E-state index contributed by atoms with van der Waals surface area (Å²) in [5.74, 6) is 1.30. The first-order valence-corrected chi connectivity index (χ1v) is 6.15. The Hall–Kier alpha value is -1.63. The van der Waals surface area contributed by atoms with Gasteiger partial charge in [-0.3, -0.25) is 0 Å². The molecule has 0 atom stereocenters. The Labute approximate surface area is 106 Å². The first kappa shape index (κ1) is 12.8. The number of oxime groups is 1. The molecule has 0 saturated heterocycles. The molecule has 0 aromatic carbocycles. The van der Waals surface area contributed by atoms with E-state index in [9.17, 15) is 0 Å². The minimum Gasteiger partial charge on any atom is -0.409 e. The van der Waals surface area contributed by atoms with Gasteiger partial charge in [0.1, 0.15) is 18.0 Å². The second kappa shape index (κ2) is 5.34. The molecule has 0 spiro atoms. The highest BCUT2D eigenvalue weighted by Crippen LogP contribution is 2.48. The van der Waals surface area contributed by atoms with Crippen molar-refractivity contribution < 1.29 is 5.21 Å². The number of rotatable bonds is 7. The summed E-state index contributed by atoms with van der Waals surface area (Å²) in [6, 6.07) is 0. The molecule has 0 aliphatic heterocycles. The quantitative estimate of drug-likeness (QED) is 0.206. The Bertz CT molecular complexity index is 423. The SMILES string of the molecule is Cn1cnnc1CCNCC1(CC(N)=NO)CC1. The Balaban J connectivity index is 1.68. The van der Waals surface area contributed by atoms with Crippen molar-refractivity contribution in [2.75, 3.05) is 13.1 Å². The van der Waals surface area contributed by atoms with E-state index in [1.807, 2.05) is 11.6 Å². The van der Waals surface area contributed by atoms with Gasteiger partial charge in [0.25, 0.3) is 0 Å². The fraction of sp³-hybridized carbons (Fsp3) is 0.727. The third kappa shape index (κ3) is 3.19. The van der Waals surface area contributed by atoms with Crippen LogP contribution in [0.15, 0.2) is 11.5 Å². The standard InChI is InChI=1S/C11H20N6O/c1-17-8-14-15-10(17)2-5-13-7-11(3-4-11)6-9(12)16-18/h8,13,18H,2-7H2,1H3,(H2,12,16). The van der Waals surface area contributed by atoms with Crippen LogP contribution in [0.1, 0.15) is 25.1 Å². The third-order valence-electron chi connectivity index (χ3n) is 3.47. The molecule has 7 nitrogen and oxygen atoms in total. The summed E-state index contributed by atoms with van der Waals surface area (Å²) in [4.78, 5) is 0. The highest BCUT2D eigenvalue weighted by molar-refractivity contribution is 5.80. The zero-order valence-electron chi connectivity index (χ0n) is 10.6. The van der Waals surface area contributed by atoms with Crippen LogP contribution in [0.4, 0.5) is 0 Å². The van der Waals surface area contributed by atoms with Crippen LogP contribution in [0.25, 0.3) is 0 Å². The first-order valence-electron chi connectivity index (χ1n) is 6.15. The number of nitrogens with two attached hydrogens (primary N) is 1. The lowest BCUT2D eigenvalue weighted by Crippen LogP contribution is -2.30. The van der Waals surface area contributed by atoms with Crippen LogP contribution in [0.2, 0.25) is 0 Å². The summed E-state index contributed by atoms with van der Waals surface area (Å²) < 4.78 is 1.92. The fourth-order valence-electron chi connectivity index (χ4n) is 2.10. The van der Waals surface area contributed by atoms with Gasteiger partial charge in [0.2, 0.25) is 0 Å². The van der Waals surface area contributed by atoms with Gasteiger partial charge in [0.15, 0.2) is 0 Å². The lowest BCUT2D eigenvalue weighted by Gasteiger charge is -2.14. The molecular weight excluding hydrogens is 232 g/mol. The summed E-state index contributed by atoms with van der Waals surface area (Å²) in [7, 11) is 1.94. The van der Waals surface area contributed by atoms with Crippen LogP contribution in [0.5, 0.6) is 0 Å². The van der Waals surface area contributed by atoms with Crippen molar-refractivity contribution in [3.63, 3.8) is 0 Å². The number of amidine groups is 1. The van der Waals surface area contributed by atoms with Crippen molar-refractivity contribution in [1.29, 1.82) is 0 Å². The molecule has 1 aromatic rings. The van der Waals surface area contributed by atoms with E-state index in [4.69, 9.17) is 10.9 Å². The maximum Gasteiger partial charge on any atom is 0.139 e. The van der Waals surface area contributed by atoms with Crippen molar-refractivity contribution in [1.82, 2.24) is 20.1 Å². The molecule has 1 aliphatic rings. The van der Waals surface area contributed by atoms with E-state index < -0.39 is 0 Å². The Kier molecular flexibility index (Phi) is 3.81. The van der Waals surface area contributed by atoms with E-state index in [0.29, 0.717) is 12.3 Å². The first-order chi connectivity index (χ1) is 8.65.